The first-order valence-electron chi connectivity index (χ1n) is 8.50. The lowest BCUT2D eigenvalue weighted by Gasteiger charge is -2.09. The van der Waals surface area contributed by atoms with E-state index in [0.717, 1.165) is 30.5 Å². The summed E-state index contributed by atoms with van der Waals surface area (Å²) in [5.74, 6) is -0.292. The molecule has 25 heavy (non-hydrogen) atoms. The largest absolute Gasteiger partial charge is 0.467 e. The van der Waals surface area contributed by atoms with E-state index < -0.39 is 6.04 Å². The van der Waals surface area contributed by atoms with Gasteiger partial charge in [0.15, 0.2) is 0 Å². The van der Waals surface area contributed by atoms with Gasteiger partial charge in [0, 0.05) is 19.0 Å². The molecule has 0 amide bonds. The lowest BCUT2D eigenvalue weighted by molar-refractivity contribution is -0.142. The normalized spacial score (nSPS) is 12.5. The van der Waals surface area contributed by atoms with Gasteiger partial charge in [-0.15, -0.1) is 0 Å². The summed E-state index contributed by atoms with van der Waals surface area (Å²) < 4.78 is 4.85. The number of methoxy groups -OCH3 is 1. The average Bonchev–Trinajstić information content (AvgIpc) is 2.67. The van der Waals surface area contributed by atoms with Gasteiger partial charge < -0.3 is 4.74 Å². The Hall–Kier alpha value is -2.75. The topological polar surface area (TPSA) is 51.0 Å². The highest BCUT2D eigenvalue weighted by Gasteiger charge is 2.16. The Labute approximate surface area is 149 Å². The summed E-state index contributed by atoms with van der Waals surface area (Å²) in [6.45, 7) is 0.741. The van der Waals surface area contributed by atoms with Crippen molar-refractivity contribution in [1.29, 1.82) is 0 Å². The van der Waals surface area contributed by atoms with Crippen LogP contribution in [0.25, 0.3) is 0 Å². The van der Waals surface area contributed by atoms with Crippen LogP contribution in [0.2, 0.25) is 0 Å². The molecule has 2 aromatic carbocycles. The van der Waals surface area contributed by atoms with E-state index in [1.54, 1.807) is 6.21 Å². The second-order valence-corrected chi connectivity index (χ2v) is 5.67. The van der Waals surface area contributed by atoms with Crippen LogP contribution in [0, 0.1) is 0 Å². The second-order valence-electron chi connectivity index (χ2n) is 5.67. The van der Waals surface area contributed by atoms with Gasteiger partial charge >= 0.3 is 5.97 Å². The van der Waals surface area contributed by atoms with Crippen molar-refractivity contribution in [2.24, 2.45) is 9.98 Å². The van der Waals surface area contributed by atoms with Gasteiger partial charge in [-0.3, -0.25) is 9.98 Å². The number of rotatable bonds is 9. The molecule has 0 spiro atoms. The summed E-state index contributed by atoms with van der Waals surface area (Å²) >= 11 is 0. The third-order valence-electron chi connectivity index (χ3n) is 3.73. The highest BCUT2D eigenvalue weighted by Crippen LogP contribution is 2.08. The van der Waals surface area contributed by atoms with Crippen molar-refractivity contribution >= 4 is 18.4 Å². The van der Waals surface area contributed by atoms with Gasteiger partial charge in [0.2, 0.25) is 0 Å². The van der Waals surface area contributed by atoms with E-state index >= 15 is 0 Å². The lowest BCUT2D eigenvalue weighted by atomic mass is 10.1. The number of unbranched alkanes of at least 4 members (excludes halogenated alkanes) is 1. The quantitative estimate of drug-likeness (QED) is 0.396. The van der Waals surface area contributed by atoms with Crippen molar-refractivity contribution in [1.82, 2.24) is 0 Å². The Kier molecular flexibility index (Phi) is 8.12. The van der Waals surface area contributed by atoms with Crippen LogP contribution in [0.4, 0.5) is 0 Å². The molecule has 0 N–H and O–H groups in total. The Morgan fingerprint density at radius 1 is 0.960 bits per heavy atom. The standard InChI is InChI=1S/C21H24N2O2/c1-25-21(24)20(23-17-19-12-6-3-7-13-19)14-8-9-15-22-16-18-10-4-2-5-11-18/h2-7,10-13,16-17,20H,8-9,14-15H2,1H3/t20-/m0/s1. The summed E-state index contributed by atoms with van der Waals surface area (Å²) in [7, 11) is 1.40. The maximum atomic E-state index is 11.9. The van der Waals surface area contributed by atoms with Crippen molar-refractivity contribution in [3.05, 3.63) is 71.8 Å². The van der Waals surface area contributed by atoms with E-state index in [1.807, 2.05) is 66.9 Å². The highest BCUT2D eigenvalue weighted by molar-refractivity contribution is 5.84. The number of carbonyl (C=O) groups is 1. The van der Waals surface area contributed by atoms with E-state index in [9.17, 15) is 4.79 Å². The number of benzene rings is 2. The van der Waals surface area contributed by atoms with Crippen molar-refractivity contribution < 1.29 is 9.53 Å². The minimum atomic E-state index is -0.455. The van der Waals surface area contributed by atoms with Crippen LogP contribution in [0.3, 0.4) is 0 Å². The zero-order valence-electron chi connectivity index (χ0n) is 14.5. The van der Waals surface area contributed by atoms with Crippen LogP contribution < -0.4 is 0 Å². The van der Waals surface area contributed by atoms with E-state index in [0.29, 0.717) is 6.42 Å². The third kappa shape index (κ3) is 7.12. The molecule has 0 aliphatic rings. The number of esters is 1. The Balaban J connectivity index is 1.77. The molecule has 4 nitrogen and oxygen atoms in total. The Morgan fingerprint density at radius 3 is 2.16 bits per heavy atom. The molecule has 0 heterocycles. The summed E-state index contributed by atoms with van der Waals surface area (Å²) in [5, 5.41) is 0. The lowest BCUT2D eigenvalue weighted by Crippen LogP contribution is -2.20. The molecule has 4 heteroatoms. The number of nitrogens with zero attached hydrogens (tertiary/aromatic N) is 2. The first kappa shape index (κ1) is 18.6. The van der Waals surface area contributed by atoms with Crippen molar-refractivity contribution in [2.75, 3.05) is 13.7 Å². The van der Waals surface area contributed by atoms with Crippen LogP contribution in [-0.4, -0.2) is 38.1 Å². The van der Waals surface area contributed by atoms with Gasteiger partial charge in [0.1, 0.15) is 6.04 Å². The molecule has 0 aliphatic carbocycles. The SMILES string of the molecule is COC(=O)[C@H](CCCCN=Cc1ccccc1)N=Cc1ccccc1. The molecule has 0 unspecified atom stereocenters. The molecule has 0 fully saturated rings. The average molecular weight is 336 g/mol. The fourth-order valence-electron chi connectivity index (χ4n) is 2.35. The smallest absolute Gasteiger partial charge is 0.330 e. The van der Waals surface area contributed by atoms with Crippen molar-refractivity contribution in [2.45, 2.75) is 25.3 Å². The predicted octanol–water partition coefficient (Wildman–Crippen LogP) is 3.94. The van der Waals surface area contributed by atoms with Gasteiger partial charge in [0.25, 0.3) is 0 Å². The zero-order chi connectivity index (χ0) is 17.7. The molecule has 0 saturated heterocycles. The van der Waals surface area contributed by atoms with Crippen LogP contribution in [0.5, 0.6) is 0 Å². The summed E-state index contributed by atoms with van der Waals surface area (Å²) in [6, 6.07) is 19.3. The maximum Gasteiger partial charge on any atom is 0.330 e. The molecule has 1 atom stereocenters. The molecular formula is C21H24N2O2. The first-order valence-corrected chi connectivity index (χ1v) is 8.50. The monoisotopic (exact) mass is 336 g/mol. The number of hydrogen-bond acceptors (Lipinski definition) is 4. The molecule has 0 saturated carbocycles. The minimum absolute atomic E-state index is 0.292. The Bertz CT molecular complexity index is 682. The maximum absolute atomic E-state index is 11.9. The van der Waals surface area contributed by atoms with Gasteiger partial charge in [0.05, 0.1) is 7.11 Å². The summed E-state index contributed by atoms with van der Waals surface area (Å²) in [4.78, 5) is 20.7. The summed E-state index contributed by atoms with van der Waals surface area (Å²) in [6.07, 6.45) is 6.06. The van der Waals surface area contributed by atoms with Gasteiger partial charge in [-0.2, -0.15) is 0 Å². The fourth-order valence-corrected chi connectivity index (χ4v) is 2.35. The molecule has 0 aromatic heterocycles. The third-order valence-corrected chi connectivity index (χ3v) is 3.73. The van der Waals surface area contributed by atoms with Crippen molar-refractivity contribution in [3.63, 3.8) is 0 Å². The van der Waals surface area contributed by atoms with Gasteiger partial charge in [-0.05, 0) is 30.4 Å². The molecule has 0 radical (unpaired) electrons. The van der Waals surface area contributed by atoms with Crippen molar-refractivity contribution in [3.8, 4) is 0 Å². The first-order chi connectivity index (χ1) is 12.3. The molecule has 2 rings (SSSR count). The van der Waals surface area contributed by atoms with E-state index in [4.69, 9.17) is 4.74 Å². The van der Waals surface area contributed by atoms with Crippen LogP contribution in [0.1, 0.15) is 30.4 Å². The molecule has 130 valence electrons. The number of carbonyl (C=O) groups excluding carboxylic acids is 1. The predicted molar refractivity (Wildman–Crippen MR) is 103 cm³/mol. The van der Waals surface area contributed by atoms with E-state index in [1.165, 1.54) is 7.11 Å². The zero-order valence-corrected chi connectivity index (χ0v) is 14.5. The van der Waals surface area contributed by atoms with Crippen LogP contribution in [0.15, 0.2) is 70.6 Å². The molecule has 2 aromatic rings. The van der Waals surface area contributed by atoms with Gasteiger partial charge in [-0.1, -0.05) is 60.7 Å². The summed E-state index contributed by atoms with van der Waals surface area (Å²) in [5.41, 5.74) is 2.08. The molecule has 0 bridgehead atoms. The highest BCUT2D eigenvalue weighted by atomic mass is 16.5. The van der Waals surface area contributed by atoms with Crippen LogP contribution >= 0.6 is 0 Å². The molecular weight excluding hydrogens is 312 g/mol. The van der Waals surface area contributed by atoms with Crippen LogP contribution in [-0.2, 0) is 9.53 Å². The minimum Gasteiger partial charge on any atom is -0.467 e. The van der Waals surface area contributed by atoms with E-state index in [-0.39, 0.29) is 5.97 Å². The Morgan fingerprint density at radius 2 is 1.56 bits per heavy atom. The number of hydrogen-bond donors (Lipinski definition) is 0. The van der Waals surface area contributed by atoms with E-state index in [2.05, 4.69) is 9.98 Å². The number of aliphatic imine (C=N–C) groups is 2. The van der Waals surface area contributed by atoms with Gasteiger partial charge in [-0.25, -0.2) is 4.79 Å². The molecule has 0 aliphatic heterocycles. The fraction of sp³-hybridized carbons (Fsp3) is 0.286. The second kappa shape index (κ2) is 10.9. The number of ether oxygens (including phenoxy) is 1.